The summed E-state index contributed by atoms with van der Waals surface area (Å²) in [6, 6.07) is -0.213. The standard InChI is InChI=1S/C15H18N2O3/c1-16-10-4-6-14(13(16)20)7-5-11(18)15(14)8-3-9(10)12(19)17(15)2/h3-4,6,8-11,18H,5,7H2,1-2H3/t9-,10-,11+,14+,15-/m0/s1. The Balaban J connectivity index is 2.08. The Kier molecular flexibility index (Phi) is 2.03. The molecule has 4 bridgehead atoms. The van der Waals surface area contributed by atoms with E-state index >= 15 is 0 Å². The molecule has 106 valence electrons. The lowest BCUT2D eigenvalue weighted by Gasteiger charge is -2.58. The van der Waals surface area contributed by atoms with Crippen molar-refractivity contribution in [2.24, 2.45) is 11.3 Å². The minimum atomic E-state index is -0.923. The van der Waals surface area contributed by atoms with Gasteiger partial charge in [0.15, 0.2) is 0 Å². The summed E-state index contributed by atoms with van der Waals surface area (Å²) in [5, 5.41) is 10.6. The van der Waals surface area contributed by atoms with Gasteiger partial charge in [0, 0.05) is 14.1 Å². The number of nitrogens with zero attached hydrogens (tertiary/aromatic N) is 2. The molecule has 0 radical (unpaired) electrons. The molecule has 2 spiro atoms. The monoisotopic (exact) mass is 274 g/mol. The van der Waals surface area contributed by atoms with E-state index in [2.05, 4.69) is 0 Å². The van der Waals surface area contributed by atoms with E-state index in [1.807, 2.05) is 24.3 Å². The Morgan fingerprint density at radius 3 is 2.75 bits per heavy atom. The lowest BCUT2D eigenvalue weighted by molar-refractivity contribution is -0.165. The quantitative estimate of drug-likeness (QED) is 0.629. The highest BCUT2D eigenvalue weighted by molar-refractivity contribution is 5.95. The first-order chi connectivity index (χ1) is 9.45. The summed E-state index contributed by atoms with van der Waals surface area (Å²) in [5.41, 5.74) is -1.74. The van der Waals surface area contributed by atoms with Crippen LogP contribution in [0.3, 0.4) is 0 Å². The van der Waals surface area contributed by atoms with Crippen LogP contribution in [-0.4, -0.2) is 58.5 Å². The molecular formula is C15H18N2O3. The molecule has 5 heterocycles. The van der Waals surface area contributed by atoms with Crippen LogP contribution < -0.4 is 0 Å². The molecule has 5 atom stereocenters. The molecule has 5 aliphatic heterocycles. The fourth-order valence-corrected chi connectivity index (χ4v) is 4.74. The second kappa shape index (κ2) is 3.34. The normalized spacial score (nSPS) is 48.9. The highest BCUT2D eigenvalue weighted by Gasteiger charge is 2.69. The Hall–Kier alpha value is -1.62. The average Bonchev–Trinajstić information content (AvgIpc) is 2.67. The van der Waals surface area contributed by atoms with Gasteiger partial charge in [-0.2, -0.15) is 0 Å². The van der Waals surface area contributed by atoms with Gasteiger partial charge in [-0.15, -0.1) is 0 Å². The molecule has 2 aliphatic carbocycles. The number of aliphatic hydroxyl groups is 1. The summed E-state index contributed by atoms with van der Waals surface area (Å²) in [4.78, 5) is 28.9. The van der Waals surface area contributed by atoms with E-state index < -0.39 is 17.1 Å². The molecule has 2 amide bonds. The first-order valence-electron chi connectivity index (χ1n) is 7.07. The summed E-state index contributed by atoms with van der Waals surface area (Å²) < 4.78 is 0. The minimum absolute atomic E-state index is 0.00785. The van der Waals surface area contributed by atoms with E-state index in [0.29, 0.717) is 12.8 Å². The van der Waals surface area contributed by atoms with Crippen LogP contribution in [0.1, 0.15) is 12.8 Å². The van der Waals surface area contributed by atoms with Crippen LogP contribution in [0.5, 0.6) is 0 Å². The lowest BCUT2D eigenvalue weighted by atomic mass is 9.62. The van der Waals surface area contributed by atoms with Gasteiger partial charge < -0.3 is 14.9 Å². The van der Waals surface area contributed by atoms with Gasteiger partial charge in [-0.3, -0.25) is 9.59 Å². The predicted molar refractivity (Wildman–Crippen MR) is 71.5 cm³/mol. The van der Waals surface area contributed by atoms with Crippen molar-refractivity contribution in [2.45, 2.75) is 30.5 Å². The van der Waals surface area contributed by atoms with Crippen molar-refractivity contribution in [3.63, 3.8) is 0 Å². The van der Waals surface area contributed by atoms with Gasteiger partial charge in [-0.25, -0.2) is 0 Å². The smallest absolute Gasteiger partial charge is 0.235 e. The molecule has 0 aromatic carbocycles. The van der Waals surface area contributed by atoms with Crippen LogP contribution in [0.15, 0.2) is 24.3 Å². The maximum atomic E-state index is 12.9. The number of hydrogen-bond acceptors (Lipinski definition) is 3. The van der Waals surface area contributed by atoms with E-state index in [1.165, 1.54) is 0 Å². The van der Waals surface area contributed by atoms with E-state index in [9.17, 15) is 14.7 Å². The van der Waals surface area contributed by atoms with Crippen molar-refractivity contribution >= 4 is 11.8 Å². The zero-order valence-electron chi connectivity index (χ0n) is 11.6. The Morgan fingerprint density at radius 2 is 2.00 bits per heavy atom. The topological polar surface area (TPSA) is 60.9 Å². The second-order valence-electron chi connectivity index (χ2n) is 6.40. The van der Waals surface area contributed by atoms with Crippen molar-refractivity contribution in [1.29, 1.82) is 0 Å². The molecular weight excluding hydrogens is 256 g/mol. The molecule has 2 fully saturated rings. The molecule has 1 saturated heterocycles. The van der Waals surface area contributed by atoms with Gasteiger partial charge in [0.1, 0.15) is 5.54 Å². The van der Waals surface area contributed by atoms with Gasteiger partial charge in [0.2, 0.25) is 11.8 Å². The van der Waals surface area contributed by atoms with E-state index in [0.717, 1.165) is 0 Å². The Bertz CT molecular complexity index is 584. The van der Waals surface area contributed by atoms with Crippen molar-refractivity contribution in [1.82, 2.24) is 9.80 Å². The average molecular weight is 274 g/mol. The summed E-state index contributed by atoms with van der Waals surface area (Å²) in [7, 11) is 3.48. The lowest BCUT2D eigenvalue weighted by Crippen LogP contribution is -2.73. The maximum absolute atomic E-state index is 12.9. The van der Waals surface area contributed by atoms with Crippen LogP contribution in [0.2, 0.25) is 0 Å². The van der Waals surface area contributed by atoms with Gasteiger partial charge >= 0.3 is 0 Å². The van der Waals surface area contributed by atoms with Crippen molar-refractivity contribution in [2.75, 3.05) is 14.1 Å². The van der Waals surface area contributed by atoms with Gasteiger partial charge in [-0.1, -0.05) is 24.3 Å². The number of hydrogen-bond donors (Lipinski definition) is 1. The molecule has 1 saturated carbocycles. The Morgan fingerprint density at radius 1 is 1.25 bits per heavy atom. The number of carbonyl (C=O) groups is 2. The third-order valence-electron chi connectivity index (χ3n) is 5.86. The molecule has 7 rings (SSSR count). The molecule has 0 aromatic rings. The summed E-state index contributed by atoms with van der Waals surface area (Å²) >= 11 is 0. The number of likely N-dealkylation sites (N-methyl/N-ethyl adjacent to an activating group) is 2. The molecule has 0 unspecified atom stereocenters. The molecule has 7 aliphatic rings. The van der Waals surface area contributed by atoms with E-state index in [1.54, 1.807) is 23.9 Å². The van der Waals surface area contributed by atoms with Crippen LogP contribution >= 0.6 is 0 Å². The first kappa shape index (κ1) is 12.1. The van der Waals surface area contributed by atoms with Gasteiger partial charge in [-0.05, 0) is 12.8 Å². The Labute approximate surface area is 117 Å². The largest absolute Gasteiger partial charge is 0.390 e. The van der Waals surface area contributed by atoms with E-state index in [4.69, 9.17) is 0 Å². The molecule has 20 heavy (non-hydrogen) atoms. The molecule has 1 N–H and O–H groups in total. The third kappa shape index (κ3) is 0.965. The number of carbonyl (C=O) groups excluding carboxylic acids is 2. The van der Waals surface area contributed by atoms with Crippen LogP contribution in [-0.2, 0) is 9.59 Å². The van der Waals surface area contributed by atoms with Crippen molar-refractivity contribution < 1.29 is 14.7 Å². The number of aliphatic hydroxyl groups excluding tert-OH is 1. The minimum Gasteiger partial charge on any atom is -0.390 e. The van der Waals surface area contributed by atoms with E-state index in [-0.39, 0.29) is 23.8 Å². The van der Waals surface area contributed by atoms with Gasteiger partial charge in [0.05, 0.1) is 23.5 Å². The van der Waals surface area contributed by atoms with Crippen molar-refractivity contribution in [3.05, 3.63) is 24.3 Å². The number of rotatable bonds is 0. The zero-order chi connectivity index (χ0) is 14.3. The van der Waals surface area contributed by atoms with Crippen LogP contribution in [0.25, 0.3) is 0 Å². The summed E-state index contributed by atoms with van der Waals surface area (Å²) in [5.74, 6) is -0.330. The second-order valence-corrected chi connectivity index (χ2v) is 6.40. The molecule has 0 aromatic heterocycles. The third-order valence-corrected chi connectivity index (χ3v) is 5.86. The zero-order valence-corrected chi connectivity index (χ0v) is 11.6. The molecule has 5 nitrogen and oxygen atoms in total. The summed E-state index contributed by atoms with van der Waals surface area (Å²) in [6.07, 6.45) is 8.14. The fourth-order valence-electron chi connectivity index (χ4n) is 4.74. The maximum Gasteiger partial charge on any atom is 0.235 e. The molecule has 5 heteroatoms. The van der Waals surface area contributed by atoms with Gasteiger partial charge in [0.25, 0.3) is 0 Å². The van der Waals surface area contributed by atoms with Crippen LogP contribution in [0, 0.1) is 11.3 Å². The number of amides is 2. The predicted octanol–water partition coefficient (Wildman–Crippen LogP) is -0.0789. The first-order valence-corrected chi connectivity index (χ1v) is 7.07. The fraction of sp³-hybridized carbons (Fsp3) is 0.600. The van der Waals surface area contributed by atoms with Crippen molar-refractivity contribution in [3.8, 4) is 0 Å². The highest BCUT2D eigenvalue weighted by atomic mass is 16.3. The van der Waals surface area contributed by atoms with Crippen LogP contribution in [0.4, 0.5) is 0 Å². The highest BCUT2D eigenvalue weighted by Crippen LogP contribution is 2.58. The summed E-state index contributed by atoms with van der Waals surface area (Å²) in [6.45, 7) is 0. The SMILES string of the molecule is CN1C(=O)[C@]23C=C[C@H]1[C@@H]1C=C[C@@]2([C@H](O)CC3)N(C)C1=O.